The Kier molecular flexibility index (Phi) is 2.67. The summed E-state index contributed by atoms with van der Waals surface area (Å²) in [5, 5.41) is 6.44. The molecule has 1 atom stereocenters. The van der Waals surface area contributed by atoms with Gasteiger partial charge in [-0.2, -0.15) is 0 Å². The molecule has 6 nitrogen and oxygen atoms in total. The van der Waals surface area contributed by atoms with Crippen molar-refractivity contribution in [3.8, 4) is 0 Å². The second kappa shape index (κ2) is 4.34. The predicted molar refractivity (Wildman–Crippen MR) is 70.6 cm³/mol. The lowest BCUT2D eigenvalue weighted by Gasteiger charge is -2.12. The van der Waals surface area contributed by atoms with Crippen LogP contribution in [0.1, 0.15) is 23.7 Å². The number of anilines is 1. The Hall–Kier alpha value is -2.02. The van der Waals surface area contributed by atoms with Crippen LogP contribution in [-0.2, 0) is 0 Å². The van der Waals surface area contributed by atoms with Crippen molar-refractivity contribution < 1.29 is 0 Å². The molecule has 3 rings (SSSR count). The van der Waals surface area contributed by atoms with Crippen molar-refractivity contribution in [1.82, 2.24) is 24.9 Å². The quantitative estimate of drug-likeness (QED) is 0.755. The monoisotopic (exact) mass is 260 g/mol. The number of hydrogen-bond donors (Lipinski definition) is 2. The molecule has 7 heteroatoms. The van der Waals surface area contributed by atoms with E-state index in [1.165, 1.54) is 6.33 Å². The van der Waals surface area contributed by atoms with Gasteiger partial charge < -0.3 is 10.3 Å². The maximum absolute atomic E-state index is 4.46. The van der Waals surface area contributed by atoms with Gasteiger partial charge in [0.15, 0.2) is 11.5 Å². The van der Waals surface area contributed by atoms with Gasteiger partial charge in [-0.25, -0.2) is 19.9 Å². The fraction of sp³-hybridized carbons (Fsp3) is 0.273. The standard InChI is InChI=1S/C11H12N6S/c1-6(8-3-18-7(2)17-8)16-11-9-10(13-4-12-9)14-5-15-11/h3-6H,1-2H3,(H2,12,13,14,15,16)/t6-/m1/s1. The summed E-state index contributed by atoms with van der Waals surface area (Å²) in [6.07, 6.45) is 3.12. The lowest BCUT2D eigenvalue weighted by Crippen LogP contribution is -2.09. The van der Waals surface area contributed by atoms with Crippen molar-refractivity contribution in [3.63, 3.8) is 0 Å². The van der Waals surface area contributed by atoms with Gasteiger partial charge in [0.25, 0.3) is 0 Å². The summed E-state index contributed by atoms with van der Waals surface area (Å²) >= 11 is 1.64. The van der Waals surface area contributed by atoms with Gasteiger partial charge in [-0.15, -0.1) is 11.3 Å². The fourth-order valence-corrected chi connectivity index (χ4v) is 2.44. The van der Waals surface area contributed by atoms with E-state index in [9.17, 15) is 0 Å². The first kappa shape index (κ1) is 11.1. The second-order valence-corrected chi connectivity index (χ2v) is 5.04. The highest BCUT2D eigenvalue weighted by Gasteiger charge is 2.12. The Morgan fingerprint density at radius 2 is 2.22 bits per heavy atom. The molecule has 0 aliphatic rings. The summed E-state index contributed by atoms with van der Waals surface area (Å²) in [7, 11) is 0. The molecular formula is C11H12N6S. The van der Waals surface area contributed by atoms with Crippen molar-refractivity contribution in [2.24, 2.45) is 0 Å². The highest BCUT2D eigenvalue weighted by molar-refractivity contribution is 7.09. The maximum atomic E-state index is 4.46. The molecule has 0 aliphatic heterocycles. The second-order valence-electron chi connectivity index (χ2n) is 3.98. The Labute approximate surface area is 108 Å². The SMILES string of the molecule is Cc1nc([C@@H](C)Nc2ncnc3nc[nH]c23)cs1. The van der Waals surface area contributed by atoms with Crippen molar-refractivity contribution in [2.75, 3.05) is 5.32 Å². The third kappa shape index (κ3) is 1.92. The summed E-state index contributed by atoms with van der Waals surface area (Å²) in [6.45, 7) is 4.05. The molecule has 0 aromatic carbocycles. The van der Waals surface area contributed by atoms with Gasteiger partial charge in [0, 0.05) is 5.38 Å². The van der Waals surface area contributed by atoms with Crippen LogP contribution in [-0.4, -0.2) is 24.9 Å². The van der Waals surface area contributed by atoms with Crippen molar-refractivity contribution in [2.45, 2.75) is 19.9 Å². The predicted octanol–water partition coefficient (Wildman–Crippen LogP) is 2.29. The van der Waals surface area contributed by atoms with Gasteiger partial charge >= 0.3 is 0 Å². The van der Waals surface area contributed by atoms with E-state index in [0.29, 0.717) is 5.65 Å². The van der Waals surface area contributed by atoms with Crippen molar-refractivity contribution in [1.29, 1.82) is 0 Å². The third-order valence-electron chi connectivity index (χ3n) is 2.66. The van der Waals surface area contributed by atoms with Gasteiger partial charge in [-0.1, -0.05) is 0 Å². The summed E-state index contributed by atoms with van der Waals surface area (Å²) < 4.78 is 0. The zero-order valence-electron chi connectivity index (χ0n) is 10.0. The zero-order valence-corrected chi connectivity index (χ0v) is 10.8. The van der Waals surface area contributed by atoms with Gasteiger partial charge in [-0.05, 0) is 13.8 Å². The first-order valence-electron chi connectivity index (χ1n) is 5.56. The Bertz CT molecular complexity index is 673. The zero-order chi connectivity index (χ0) is 12.5. The van der Waals surface area contributed by atoms with Crippen LogP contribution in [0.15, 0.2) is 18.0 Å². The van der Waals surface area contributed by atoms with E-state index >= 15 is 0 Å². The Morgan fingerprint density at radius 3 is 3.00 bits per heavy atom. The minimum absolute atomic E-state index is 0.0938. The van der Waals surface area contributed by atoms with Crippen molar-refractivity contribution in [3.05, 3.63) is 28.7 Å². The Balaban J connectivity index is 1.90. The summed E-state index contributed by atoms with van der Waals surface area (Å²) in [6, 6.07) is 0.0938. The molecule has 2 N–H and O–H groups in total. The minimum Gasteiger partial charge on any atom is -0.360 e. The molecule has 3 aromatic rings. The van der Waals surface area contributed by atoms with E-state index in [4.69, 9.17) is 0 Å². The number of H-pyrrole nitrogens is 1. The lowest BCUT2D eigenvalue weighted by molar-refractivity contribution is 0.838. The molecule has 0 fully saturated rings. The van der Waals surface area contributed by atoms with E-state index < -0.39 is 0 Å². The van der Waals surface area contributed by atoms with Crippen LogP contribution in [0.4, 0.5) is 5.82 Å². The highest BCUT2D eigenvalue weighted by Crippen LogP contribution is 2.22. The van der Waals surface area contributed by atoms with Crippen LogP contribution in [0.2, 0.25) is 0 Å². The number of fused-ring (bicyclic) bond motifs is 1. The van der Waals surface area contributed by atoms with Gasteiger partial charge in [-0.3, -0.25) is 0 Å². The molecule has 0 bridgehead atoms. The molecule has 18 heavy (non-hydrogen) atoms. The minimum atomic E-state index is 0.0938. The number of aryl methyl sites for hydroxylation is 1. The molecule has 92 valence electrons. The van der Waals surface area contributed by atoms with Crippen LogP contribution in [0, 0.1) is 6.92 Å². The number of aromatic nitrogens is 5. The molecule has 0 spiro atoms. The average molecular weight is 260 g/mol. The van der Waals surface area contributed by atoms with Gasteiger partial charge in [0.05, 0.1) is 23.1 Å². The van der Waals surface area contributed by atoms with Crippen molar-refractivity contribution >= 4 is 28.3 Å². The molecule has 0 unspecified atom stereocenters. The van der Waals surface area contributed by atoms with Crippen LogP contribution in [0.25, 0.3) is 11.2 Å². The van der Waals surface area contributed by atoms with Crippen LogP contribution in [0.3, 0.4) is 0 Å². The molecule has 0 aliphatic carbocycles. The topological polar surface area (TPSA) is 79.4 Å². The van der Waals surface area contributed by atoms with Crippen LogP contribution >= 0.6 is 11.3 Å². The van der Waals surface area contributed by atoms with E-state index in [1.807, 2.05) is 6.92 Å². The number of aromatic amines is 1. The number of rotatable bonds is 3. The van der Waals surface area contributed by atoms with Gasteiger partial charge in [0.1, 0.15) is 11.8 Å². The number of imidazole rings is 1. The van der Waals surface area contributed by atoms with E-state index in [2.05, 4.69) is 42.5 Å². The molecule has 3 heterocycles. The van der Waals surface area contributed by atoms with Gasteiger partial charge in [0.2, 0.25) is 0 Å². The number of nitrogens with zero attached hydrogens (tertiary/aromatic N) is 4. The smallest absolute Gasteiger partial charge is 0.182 e. The first-order valence-corrected chi connectivity index (χ1v) is 6.44. The summed E-state index contributed by atoms with van der Waals surface area (Å²) in [5.41, 5.74) is 2.49. The molecule has 0 amide bonds. The van der Waals surface area contributed by atoms with E-state index in [-0.39, 0.29) is 6.04 Å². The normalized spacial score (nSPS) is 12.8. The molecule has 0 saturated carbocycles. The first-order chi connectivity index (χ1) is 8.74. The maximum Gasteiger partial charge on any atom is 0.182 e. The molecular weight excluding hydrogens is 248 g/mol. The highest BCUT2D eigenvalue weighted by atomic mass is 32.1. The van der Waals surface area contributed by atoms with Crippen LogP contribution < -0.4 is 5.32 Å². The molecule has 3 aromatic heterocycles. The average Bonchev–Trinajstić information content (AvgIpc) is 2.97. The third-order valence-corrected chi connectivity index (χ3v) is 3.45. The number of thiazole rings is 1. The van der Waals surface area contributed by atoms with E-state index in [0.717, 1.165) is 22.0 Å². The van der Waals surface area contributed by atoms with Crippen LogP contribution in [0.5, 0.6) is 0 Å². The molecule has 0 saturated heterocycles. The fourth-order valence-electron chi connectivity index (χ4n) is 1.73. The Morgan fingerprint density at radius 1 is 1.33 bits per heavy atom. The largest absolute Gasteiger partial charge is 0.360 e. The summed E-state index contributed by atoms with van der Waals surface area (Å²) in [4.78, 5) is 19.9. The number of hydrogen-bond acceptors (Lipinski definition) is 6. The number of nitrogens with one attached hydrogen (secondary N) is 2. The summed E-state index contributed by atoms with van der Waals surface area (Å²) in [5.74, 6) is 0.746. The molecule has 0 radical (unpaired) electrons. The van der Waals surface area contributed by atoms with E-state index in [1.54, 1.807) is 17.7 Å². The lowest BCUT2D eigenvalue weighted by atomic mass is 10.2.